The molecule has 0 radical (unpaired) electrons. The van der Waals surface area contributed by atoms with Crippen LogP contribution in [0, 0.1) is 6.92 Å². The van der Waals surface area contributed by atoms with E-state index in [1.165, 1.54) is 6.07 Å². The second-order valence-corrected chi connectivity index (χ2v) is 5.87. The Morgan fingerprint density at radius 2 is 2.00 bits per heavy atom. The fourth-order valence-corrected chi connectivity index (χ4v) is 2.71. The van der Waals surface area contributed by atoms with Gasteiger partial charge in [0, 0.05) is 38.4 Å². The zero-order valence-electron chi connectivity index (χ0n) is 13.6. The van der Waals surface area contributed by atoms with Gasteiger partial charge in [0.1, 0.15) is 5.82 Å². The molecule has 25 heavy (non-hydrogen) atoms. The monoisotopic (exact) mass is 354 g/mol. The second-order valence-electron chi connectivity index (χ2n) is 5.87. The fourth-order valence-electron chi connectivity index (χ4n) is 2.71. The lowest BCUT2D eigenvalue weighted by molar-refractivity contribution is -0.137. The molecule has 3 rings (SSSR count). The molecule has 0 saturated carbocycles. The first kappa shape index (κ1) is 17.2. The van der Waals surface area contributed by atoms with Crippen molar-refractivity contribution in [1.82, 2.24) is 15.0 Å². The van der Waals surface area contributed by atoms with Gasteiger partial charge in [0.2, 0.25) is 5.76 Å². The van der Waals surface area contributed by atoms with Crippen LogP contribution in [0.5, 0.6) is 0 Å². The minimum atomic E-state index is -4.40. The summed E-state index contributed by atoms with van der Waals surface area (Å²) in [4.78, 5) is 19.8. The van der Waals surface area contributed by atoms with E-state index in [0.29, 0.717) is 44.1 Å². The van der Waals surface area contributed by atoms with Gasteiger partial charge in [-0.3, -0.25) is 4.79 Å². The topological polar surface area (TPSA) is 62.5 Å². The standard InChI is InChI=1S/C16H17F3N4O2/c1-11-9-13(25-21-11)15(24)23-6-2-5-22(7-8-23)14-4-3-12(10-20-14)16(17,18)19/h3-4,9-10H,2,5-8H2,1H3. The predicted octanol–water partition coefficient (Wildman–Crippen LogP) is 2.75. The van der Waals surface area contributed by atoms with Crippen molar-refractivity contribution in [1.29, 1.82) is 0 Å². The first-order valence-corrected chi connectivity index (χ1v) is 7.85. The highest BCUT2D eigenvalue weighted by atomic mass is 19.4. The van der Waals surface area contributed by atoms with Crippen LogP contribution in [-0.2, 0) is 6.18 Å². The highest BCUT2D eigenvalue weighted by Crippen LogP contribution is 2.29. The van der Waals surface area contributed by atoms with Gasteiger partial charge in [-0.2, -0.15) is 13.2 Å². The number of anilines is 1. The number of pyridine rings is 1. The van der Waals surface area contributed by atoms with Crippen LogP contribution in [0.1, 0.15) is 28.2 Å². The van der Waals surface area contributed by atoms with Gasteiger partial charge >= 0.3 is 6.18 Å². The maximum Gasteiger partial charge on any atom is 0.417 e. The first-order chi connectivity index (χ1) is 11.8. The number of nitrogens with zero attached hydrogens (tertiary/aromatic N) is 4. The summed E-state index contributed by atoms with van der Waals surface area (Å²) in [6.45, 7) is 3.80. The minimum absolute atomic E-state index is 0.193. The van der Waals surface area contributed by atoms with Gasteiger partial charge in [-0.15, -0.1) is 0 Å². The molecular formula is C16H17F3N4O2. The van der Waals surface area contributed by atoms with Gasteiger partial charge in [-0.1, -0.05) is 5.16 Å². The summed E-state index contributed by atoms with van der Waals surface area (Å²) in [5, 5.41) is 3.71. The Labute approximate surface area is 142 Å². The van der Waals surface area contributed by atoms with Crippen molar-refractivity contribution in [2.24, 2.45) is 0 Å². The summed E-state index contributed by atoms with van der Waals surface area (Å²) in [5.41, 5.74) is -0.141. The van der Waals surface area contributed by atoms with Gasteiger partial charge in [0.15, 0.2) is 0 Å². The van der Waals surface area contributed by atoms with Crippen molar-refractivity contribution in [3.63, 3.8) is 0 Å². The van der Waals surface area contributed by atoms with Crippen molar-refractivity contribution < 1.29 is 22.5 Å². The highest BCUT2D eigenvalue weighted by molar-refractivity contribution is 5.91. The molecule has 9 heteroatoms. The Balaban J connectivity index is 1.66. The predicted molar refractivity (Wildman–Crippen MR) is 83.2 cm³/mol. The molecule has 0 bridgehead atoms. The number of carbonyl (C=O) groups excluding carboxylic acids is 1. The molecule has 1 amide bonds. The van der Waals surface area contributed by atoms with Crippen molar-refractivity contribution in [2.45, 2.75) is 19.5 Å². The van der Waals surface area contributed by atoms with Crippen LogP contribution in [-0.4, -0.2) is 47.1 Å². The van der Waals surface area contributed by atoms with Gasteiger partial charge < -0.3 is 14.3 Å². The smallest absolute Gasteiger partial charge is 0.355 e. The molecule has 1 aliphatic rings. The third-order valence-corrected chi connectivity index (χ3v) is 4.02. The van der Waals surface area contributed by atoms with Crippen molar-refractivity contribution in [2.75, 3.05) is 31.1 Å². The van der Waals surface area contributed by atoms with E-state index < -0.39 is 11.7 Å². The van der Waals surface area contributed by atoms with Crippen LogP contribution in [0.3, 0.4) is 0 Å². The van der Waals surface area contributed by atoms with Crippen LogP contribution in [0.4, 0.5) is 19.0 Å². The lowest BCUT2D eigenvalue weighted by atomic mass is 10.2. The van der Waals surface area contributed by atoms with E-state index in [1.807, 2.05) is 4.90 Å². The number of aryl methyl sites for hydroxylation is 1. The van der Waals surface area contributed by atoms with E-state index in [1.54, 1.807) is 17.9 Å². The summed E-state index contributed by atoms with van der Waals surface area (Å²) in [5.74, 6) is 0.430. The van der Waals surface area contributed by atoms with Crippen molar-refractivity contribution >= 4 is 11.7 Å². The average Bonchev–Trinajstić information content (AvgIpc) is 2.86. The summed E-state index contributed by atoms with van der Waals surface area (Å²) in [6.07, 6.45) is -2.88. The maximum absolute atomic E-state index is 12.6. The van der Waals surface area contributed by atoms with E-state index in [4.69, 9.17) is 4.52 Å². The molecule has 134 valence electrons. The third kappa shape index (κ3) is 3.92. The largest absolute Gasteiger partial charge is 0.417 e. The fraction of sp³-hybridized carbons (Fsp3) is 0.438. The van der Waals surface area contributed by atoms with Gasteiger partial charge in [0.25, 0.3) is 5.91 Å². The number of hydrogen-bond acceptors (Lipinski definition) is 5. The molecule has 0 aromatic carbocycles. The number of aromatic nitrogens is 2. The van der Waals surface area contributed by atoms with E-state index in [2.05, 4.69) is 10.1 Å². The quantitative estimate of drug-likeness (QED) is 0.830. The molecule has 1 fully saturated rings. The number of amides is 1. The summed E-state index contributed by atoms with van der Waals surface area (Å²) < 4.78 is 42.9. The Morgan fingerprint density at radius 3 is 2.60 bits per heavy atom. The Bertz CT molecular complexity index is 743. The molecule has 2 aromatic rings. The van der Waals surface area contributed by atoms with Crippen molar-refractivity contribution in [3.05, 3.63) is 41.4 Å². The zero-order valence-corrected chi connectivity index (χ0v) is 13.6. The van der Waals surface area contributed by atoms with Crippen LogP contribution in [0.15, 0.2) is 28.9 Å². The molecule has 0 N–H and O–H groups in total. The summed E-state index contributed by atoms with van der Waals surface area (Å²) in [6, 6.07) is 3.97. The van der Waals surface area contributed by atoms with Gasteiger partial charge in [0.05, 0.1) is 11.3 Å². The number of rotatable bonds is 2. The van der Waals surface area contributed by atoms with Crippen LogP contribution < -0.4 is 4.90 Å². The first-order valence-electron chi connectivity index (χ1n) is 7.85. The molecule has 1 saturated heterocycles. The lowest BCUT2D eigenvalue weighted by Gasteiger charge is -2.22. The van der Waals surface area contributed by atoms with E-state index in [0.717, 1.165) is 12.3 Å². The minimum Gasteiger partial charge on any atom is -0.355 e. The number of carbonyl (C=O) groups is 1. The Morgan fingerprint density at radius 1 is 1.20 bits per heavy atom. The molecule has 0 atom stereocenters. The normalized spacial score (nSPS) is 16.0. The molecule has 0 spiro atoms. The molecule has 2 aromatic heterocycles. The average molecular weight is 354 g/mol. The Kier molecular flexibility index (Phi) is 4.65. The molecule has 1 aliphatic heterocycles. The SMILES string of the molecule is Cc1cc(C(=O)N2CCCN(c3ccc(C(F)(F)F)cn3)CC2)on1. The maximum atomic E-state index is 12.6. The molecule has 0 unspecified atom stereocenters. The van der Waals surface area contributed by atoms with Crippen molar-refractivity contribution in [3.8, 4) is 0 Å². The van der Waals surface area contributed by atoms with Crippen LogP contribution >= 0.6 is 0 Å². The van der Waals surface area contributed by atoms with Crippen LogP contribution in [0.25, 0.3) is 0 Å². The molecular weight excluding hydrogens is 337 g/mol. The van der Waals surface area contributed by atoms with E-state index in [-0.39, 0.29) is 11.7 Å². The molecule has 0 aliphatic carbocycles. The zero-order chi connectivity index (χ0) is 18.0. The molecule has 3 heterocycles. The number of hydrogen-bond donors (Lipinski definition) is 0. The number of alkyl halides is 3. The highest BCUT2D eigenvalue weighted by Gasteiger charge is 2.31. The van der Waals surface area contributed by atoms with E-state index in [9.17, 15) is 18.0 Å². The number of halogens is 3. The second kappa shape index (κ2) is 6.73. The van der Waals surface area contributed by atoms with E-state index >= 15 is 0 Å². The summed E-state index contributed by atoms with van der Waals surface area (Å²) in [7, 11) is 0. The van der Waals surface area contributed by atoms with Gasteiger partial charge in [-0.05, 0) is 25.5 Å². The summed E-state index contributed by atoms with van der Waals surface area (Å²) >= 11 is 0. The lowest BCUT2D eigenvalue weighted by Crippen LogP contribution is -2.35. The molecule has 6 nitrogen and oxygen atoms in total. The van der Waals surface area contributed by atoms with Crippen LogP contribution in [0.2, 0.25) is 0 Å². The third-order valence-electron chi connectivity index (χ3n) is 4.02. The Hall–Kier alpha value is -2.58. The van der Waals surface area contributed by atoms with Gasteiger partial charge in [-0.25, -0.2) is 4.98 Å².